The Morgan fingerprint density at radius 3 is 2.59 bits per heavy atom. The maximum atomic E-state index is 13.7. The van der Waals surface area contributed by atoms with E-state index < -0.39 is 5.54 Å². The zero-order valence-corrected chi connectivity index (χ0v) is 19.1. The van der Waals surface area contributed by atoms with Gasteiger partial charge in [-0.2, -0.15) is 0 Å². The molecule has 1 atom stereocenters. The molecule has 2 aromatic heterocycles. The molecule has 0 fully saturated rings. The highest BCUT2D eigenvalue weighted by atomic mass is 35.5. The van der Waals surface area contributed by atoms with Gasteiger partial charge < -0.3 is 14.8 Å². The molecule has 1 N–H and O–H groups in total. The number of amides is 2. The van der Waals surface area contributed by atoms with Gasteiger partial charge in [-0.25, -0.2) is 0 Å². The first-order valence-corrected chi connectivity index (χ1v) is 11.7. The summed E-state index contributed by atoms with van der Waals surface area (Å²) in [6, 6.07) is 21.1. The molecule has 0 spiro atoms. The lowest BCUT2D eigenvalue weighted by Crippen LogP contribution is -2.63. The third-order valence-electron chi connectivity index (χ3n) is 6.07. The van der Waals surface area contributed by atoms with Crippen LogP contribution >= 0.6 is 22.9 Å². The van der Waals surface area contributed by atoms with E-state index in [9.17, 15) is 9.59 Å². The Kier molecular flexibility index (Phi) is 5.27. The molecule has 0 bridgehead atoms. The van der Waals surface area contributed by atoms with E-state index in [0.717, 1.165) is 21.3 Å². The van der Waals surface area contributed by atoms with Crippen LogP contribution in [-0.2, 0) is 24.4 Å². The fourth-order valence-corrected chi connectivity index (χ4v) is 5.27. The molecule has 4 aromatic rings. The number of hydrogen-bond acceptors (Lipinski definition) is 3. The number of carbonyl (C=O) groups excluding carboxylic acids is 2. The van der Waals surface area contributed by atoms with Crippen molar-refractivity contribution >= 4 is 45.0 Å². The van der Waals surface area contributed by atoms with Gasteiger partial charge in [0.1, 0.15) is 16.1 Å². The van der Waals surface area contributed by atoms with Gasteiger partial charge in [0.2, 0.25) is 5.91 Å². The monoisotopic (exact) mass is 463 g/mol. The van der Waals surface area contributed by atoms with E-state index >= 15 is 0 Å². The van der Waals surface area contributed by atoms with Crippen molar-refractivity contribution in [3.05, 3.63) is 94.0 Å². The average Bonchev–Trinajstić information content (AvgIpc) is 3.39. The molecule has 7 heteroatoms. The Bertz CT molecular complexity index is 1300. The van der Waals surface area contributed by atoms with Crippen molar-refractivity contribution in [2.24, 2.45) is 0 Å². The molecular formula is C25H22ClN3O2S. The molecule has 5 nitrogen and oxygen atoms in total. The molecule has 5 rings (SSSR count). The van der Waals surface area contributed by atoms with Gasteiger partial charge in [0, 0.05) is 23.5 Å². The number of nitrogens with one attached hydrogen (secondary N) is 1. The van der Waals surface area contributed by atoms with Crippen LogP contribution in [0.1, 0.15) is 28.5 Å². The first-order valence-electron chi connectivity index (χ1n) is 10.4. The molecule has 0 saturated carbocycles. The fourth-order valence-electron chi connectivity index (χ4n) is 4.25. The molecule has 2 amide bonds. The minimum absolute atomic E-state index is 0.146. The van der Waals surface area contributed by atoms with Gasteiger partial charge in [-0.05, 0) is 47.7 Å². The Morgan fingerprint density at radius 2 is 1.84 bits per heavy atom. The number of hydrogen-bond donors (Lipinski definition) is 1. The lowest BCUT2D eigenvalue weighted by atomic mass is 9.93. The van der Waals surface area contributed by atoms with Gasteiger partial charge in [-0.3, -0.25) is 9.59 Å². The highest BCUT2D eigenvalue weighted by Crippen LogP contribution is 2.35. The van der Waals surface area contributed by atoms with Crippen molar-refractivity contribution < 1.29 is 9.59 Å². The van der Waals surface area contributed by atoms with Crippen molar-refractivity contribution in [3.8, 4) is 0 Å². The van der Waals surface area contributed by atoms with Crippen LogP contribution in [0, 0.1) is 0 Å². The summed E-state index contributed by atoms with van der Waals surface area (Å²) in [5.74, 6) is -0.320. The Morgan fingerprint density at radius 1 is 1.09 bits per heavy atom. The summed E-state index contributed by atoms with van der Waals surface area (Å²) in [6.45, 7) is 2.98. The highest BCUT2D eigenvalue weighted by molar-refractivity contribution is 7.16. The van der Waals surface area contributed by atoms with E-state index in [2.05, 4.69) is 5.32 Å². The quantitative estimate of drug-likeness (QED) is 0.448. The third-order valence-corrected chi connectivity index (χ3v) is 7.27. The summed E-state index contributed by atoms with van der Waals surface area (Å²) in [6.07, 6.45) is 0. The molecule has 3 heterocycles. The summed E-state index contributed by atoms with van der Waals surface area (Å²) >= 11 is 7.63. The minimum Gasteiger partial charge on any atom is -0.350 e. The van der Waals surface area contributed by atoms with Gasteiger partial charge in [0.05, 0.1) is 6.54 Å². The second kappa shape index (κ2) is 8.11. The number of aromatic nitrogens is 1. The third kappa shape index (κ3) is 3.59. The van der Waals surface area contributed by atoms with Gasteiger partial charge in [-0.1, -0.05) is 54.1 Å². The van der Waals surface area contributed by atoms with Crippen LogP contribution in [0.25, 0.3) is 10.2 Å². The van der Waals surface area contributed by atoms with E-state index in [-0.39, 0.29) is 11.8 Å². The van der Waals surface area contributed by atoms with Gasteiger partial charge in [-0.15, -0.1) is 11.3 Å². The summed E-state index contributed by atoms with van der Waals surface area (Å²) < 4.78 is 1.99. The first kappa shape index (κ1) is 20.8. The standard InChI is InChI=1S/C25H22ClN3O2S/c1-25(24(31)27-14-17-5-3-2-4-6-17)16-28-21(13-19-11-12-32-23(19)28)22(30)29(25)15-18-7-9-20(26)10-8-18/h2-13H,14-16H2,1H3,(H,27,31)/t25-/m0/s1. The number of carbonyl (C=O) groups is 2. The molecule has 0 aliphatic carbocycles. The number of halogens is 1. The molecule has 1 aliphatic rings. The van der Waals surface area contributed by atoms with Crippen LogP contribution in [0.2, 0.25) is 5.02 Å². The van der Waals surface area contributed by atoms with E-state index in [4.69, 9.17) is 11.6 Å². The number of nitrogens with zero attached hydrogens (tertiary/aromatic N) is 2. The van der Waals surface area contributed by atoms with Crippen LogP contribution < -0.4 is 5.32 Å². The van der Waals surface area contributed by atoms with E-state index in [1.165, 1.54) is 0 Å². The molecular weight excluding hydrogens is 442 g/mol. The minimum atomic E-state index is -1.05. The normalized spacial score (nSPS) is 18.1. The maximum absolute atomic E-state index is 13.7. The lowest BCUT2D eigenvalue weighted by molar-refractivity contribution is -0.133. The summed E-state index contributed by atoms with van der Waals surface area (Å²) in [7, 11) is 0. The van der Waals surface area contributed by atoms with Gasteiger partial charge in [0.25, 0.3) is 5.91 Å². The zero-order valence-electron chi connectivity index (χ0n) is 17.5. The van der Waals surface area contributed by atoms with Crippen LogP contribution in [-0.4, -0.2) is 26.8 Å². The molecule has 32 heavy (non-hydrogen) atoms. The van der Waals surface area contributed by atoms with Gasteiger partial charge >= 0.3 is 0 Å². The SMILES string of the molecule is C[C@@]1(C(=O)NCc2ccccc2)Cn2c(cc3ccsc32)C(=O)N1Cc1ccc(Cl)cc1. The molecule has 0 unspecified atom stereocenters. The fraction of sp³-hybridized carbons (Fsp3) is 0.200. The summed E-state index contributed by atoms with van der Waals surface area (Å²) in [4.78, 5) is 29.9. The van der Waals surface area contributed by atoms with Crippen molar-refractivity contribution in [1.82, 2.24) is 14.8 Å². The van der Waals surface area contributed by atoms with Crippen LogP contribution in [0.15, 0.2) is 72.1 Å². The number of fused-ring (bicyclic) bond motifs is 3. The first-order chi connectivity index (χ1) is 15.5. The van der Waals surface area contributed by atoms with Gasteiger partial charge in [0.15, 0.2) is 0 Å². The highest BCUT2D eigenvalue weighted by Gasteiger charge is 2.47. The predicted molar refractivity (Wildman–Crippen MR) is 128 cm³/mol. The lowest BCUT2D eigenvalue weighted by Gasteiger charge is -2.44. The Balaban J connectivity index is 1.51. The summed E-state index contributed by atoms with van der Waals surface area (Å²) in [5, 5.41) is 6.73. The predicted octanol–water partition coefficient (Wildman–Crippen LogP) is 5.09. The van der Waals surface area contributed by atoms with E-state index in [1.54, 1.807) is 28.4 Å². The van der Waals surface area contributed by atoms with E-state index in [0.29, 0.717) is 30.4 Å². The molecule has 1 aliphatic heterocycles. The van der Waals surface area contributed by atoms with Crippen LogP contribution in [0.4, 0.5) is 0 Å². The van der Waals surface area contributed by atoms with Crippen molar-refractivity contribution in [2.45, 2.75) is 32.1 Å². The number of thiophene rings is 1. The second-order valence-electron chi connectivity index (χ2n) is 8.26. The number of benzene rings is 2. The number of rotatable bonds is 5. The van der Waals surface area contributed by atoms with Crippen LogP contribution in [0.5, 0.6) is 0 Å². The van der Waals surface area contributed by atoms with Crippen molar-refractivity contribution in [1.29, 1.82) is 0 Å². The molecule has 2 aromatic carbocycles. The van der Waals surface area contributed by atoms with Crippen LogP contribution in [0.3, 0.4) is 0 Å². The van der Waals surface area contributed by atoms with Crippen molar-refractivity contribution in [3.63, 3.8) is 0 Å². The molecule has 162 valence electrons. The summed E-state index contributed by atoms with van der Waals surface area (Å²) in [5.41, 5.74) is 1.51. The van der Waals surface area contributed by atoms with E-state index in [1.807, 2.05) is 71.5 Å². The average molecular weight is 464 g/mol. The Labute approximate surface area is 195 Å². The maximum Gasteiger partial charge on any atom is 0.271 e. The topological polar surface area (TPSA) is 54.3 Å². The Hall–Kier alpha value is -3.09. The smallest absolute Gasteiger partial charge is 0.271 e. The van der Waals surface area contributed by atoms with Crippen molar-refractivity contribution in [2.75, 3.05) is 0 Å². The zero-order chi connectivity index (χ0) is 22.3. The second-order valence-corrected chi connectivity index (χ2v) is 9.59. The molecule has 0 saturated heterocycles. The molecule has 0 radical (unpaired) electrons. The largest absolute Gasteiger partial charge is 0.350 e.